The van der Waals surface area contributed by atoms with Gasteiger partial charge in [-0.05, 0) is 33.6 Å². The molecule has 3 rings (SSSR count). The van der Waals surface area contributed by atoms with Gasteiger partial charge in [-0.15, -0.1) is 0 Å². The average molecular weight is 457 g/mol. The summed E-state index contributed by atoms with van der Waals surface area (Å²) in [6.45, 7) is 0.418. The molecular formula is C19H17BrN6O3. The summed E-state index contributed by atoms with van der Waals surface area (Å²) in [5, 5.41) is 11.7. The number of carbonyl (C=O) groups is 1. The third-order valence-corrected chi connectivity index (χ3v) is 4.71. The molecule has 0 saturated heterocycles. The molecule has 0 fully saturated rings. The van der Waals surface area contributed by atoms with Crippen LogP contribution in [0.1, 0.15) is 15.9 Å². The van der Waals surface area contributed by atoms with Crippen LogP contribution in [0.15, 0.2) is 65.4 Å². The quantitative estimate of drug-likeness (QED) is 0.412. The van der Waals surface area contributed by atoms with Crippen LogP contribution in [-0.4, -0.2) is 27.8 Å². The highest BCUT2D eigenvalue weighted by Crippen LogP contribution is 2.31. The molecule has 148 valence electrons. The lowest BCUT2D eigenvalue weighted by Gasteiger charge is -2.19. The first kappa shape index (κ1) is 20.2. The van der Waals surface area contributed by atoms with Gasteiger partial charge >= 0.3 is 5.69 Å². The van der Waals surface area contributed by atoms with Crippen LogP contribution in [0.2, 0.25) is 0 Å². The summed E-state index contributed by atoms with van der Waals surface area (Å²) in [5.74, 6) is -0.448. The molecule has 2 N–H and O–H groups in total. The van der Waals surface area contributed by atoms with Gasteiger partial charge in [0, 0.05) is 18.1 Å². The maximum absolute atomic E-state index is 12.4. The van der Waals surface area contributed by atoms with Crippen LogP contribution in [-0.2, 0) is 6.54 Å². The molecule has 29 heavy (non-hydrogen) atoms. The molecule has 9 nitrogen and oxygen atoms in total. The van der Waals surface area contributed by atoms with Crippen molar-refractivity contribution in [2.45, 2.75) is 6.54 Å². The van der Waals surface area contributed by atoms with Crippen LogP contribution < -0.4 is 15.8 Å². The zero-order valence-corrected chi connectivity index (χ0v) is 17.0. The van der Waals surface area contributed by atoms with Crippen molar-refractivity contribution in [2.75, 3.05) is 17.4 Å². The van der Waals surface area contributed by atoms with E-state index in [0.29, 0.717) is 16.6 Å². The van der Waals surface area contributed by atoms with E-state index in [1.54, 1.807) is 36.2 Å². The molecule has 0 bridgehead atoms. The van der Waals surface area contributed by atoms with Gasteiger partial charge in [0.1, 0.15) is 6.33 Å². The molecule has 0 aliphatic heterocycles. The van der Waals surface area contributed by atoms with E-state index in [9.17, 15) is 14.9 Å². The Morgan fingerprint density at radius 3 is 2.52 bits per heavy atom. The van der Waals surface area contributed by atoms with Gasteiger partial charge in [-0.2, -0.15) is 0 Å². The van der Waals surface area contributed by atoms with Gasteiger partial charge < -0.3 is 4.90 Å². The lowest BCUT2D eigenvalue weighted by molar-refractivity contribution is -0.383. The van der Waals surface area contributed by atoms with Crippen LogP contribution in [0.5, 0.6) is 0 Å². The Morgan fingerprint density at radius 2 is 1.83 bits per heavy atom. The minimum Gasteiger partial charge on any atom is -0.349 e. The Hall–Kier alpha value is -3.53. The number of nitrogens with one attached hydrogen (secondary N) is 2. The zero-order chi connectivity index (χ0) is 20.8. The van der Waals surface area contributed by atoms with Crippen LogP contribution in [0.3, 0.4) is 0 Å². The number of nitro groups is 1. The van der Waals surface area contributed by atoms with Crippen LogP contribution in [0.25, 0.3) is 0 Å². The Bertz CT molecular complexity index is 1030. The van der Waals surface area contributed by atoms with Gasteiger partial charge in [-0.1, -0.05) is 42.5 Å². The largest absolute Gasteiger partial charge is 0.355 e. The summed E-state index contributed by atoms with van der Waals surface area (Å²) in [6, 6.07) is 16.3. The summed E-state index contributed by atoms with van der Waals surface area (Å²) in [7, 11) is 1.70. The van der Waals surface area contributed by atoms with Crippen molar-refractivity contribution < 1.29 is 9.72 Å². The molecule has 0 atom stereocenters. The summed E-state index contributed by atoms with van der Waals surface area (Å²) in [6.07, 6.45) is 1.21. The summed E-state index contributed by atoms with van der Waals surface area (Å²) in [4.78, 5) is 33.1. The lowest BCUT2D eigenvalue weighted by atomic mass is 10.2. The average Bonchev–Trinajstić information content (AvgIpc) is 2.72. The van der Waals surface area contributed by atoms with Crippen molar-refractivity contribution in [1.29, 1.82) is 0 Å². The van der Waals surface area contributed by atoms with Crippen LogP contribution >= 0.6 is 15.9 Å². The van der Waals surface area contributed by atoms with Crippen LogP contribution in [0.4, 0.5) is 17.3 Å². The number of hydrogen-bond acceptors (Lipinski definition) is 7. The second kappa shape index (κ2) is 9.11. The number of aromatic nitrogens is 2. The zero-order valence-electron chi connectivity index (χ0n) is 15.4. The molecule has 3 aromatic rings. The highest BCUT2D eigenvalue weighted by Gasteiger charge is 2.26. The Labute approximate surface area is 175 Å². The van der Waals surface area contributed by atoms with Crippen molar-refractivity contribution in [1.82, 2.24) is 15.4 Å². The van der Waals surface area contributed by atoms with E-state index in [-0.39, 0.29) is 17.3 Å². The number of hydrazine groups is 1. The predicted molar refractivity (Wildman–Crippen MR) is 112 cm³/mol. The standard InChI is InChI=1S/C19H17BrN6O3/c1-25(11-13-7-3-2-4-8-13)18-16(26(28)29)17(21-12-22-18)23-24-19(27)14-9-5-6-10-15(14)20/h2-10,12H,11H2,1H3,(H,24,27)(H,21,22,23). The first-order valence-electron chi connectivity index (χ1n) is 8.52. The highest BCUT2D eigenvalue weighted by molar-refractivity contribution is 9.10. The van der Waals surface area contributed by atoms with E-state index >= 15 is 0 Å². The molecule has 0 radical (unpaired) electrons. The summed E-state index contributed by atoms with van der Waals surface area (Å²) >= 11 is 3.29. The Morgan fingerprint density at radius 1 is 1.14 bits per heavy atom. The van der Waals surface area contributed by atoms with Crippen molar-refractivity contribution in [3.63, 3.8) is 0 Å². The molecule has 0 aliphatic rings. The number of rotatable bonds is 7. The normalized spacial score (nSPS) is 10.3. The number of anilines is 2. The van der Waals surface area contributed by atoms with Gasteiger partial charge in [0.05, 0.1) is 10.5 Å². The molecule has 1 heterocycles. The first-order chi connectivity index (χ1) is 14.0. The number of nitrogens with zero attached hydrogens (tertiary/aromatic N) is 4. The Kier molecular flexibility index (Phi) is 6.35. The number of hydrogen-bond donors (Lipinski definition) is 2. The number of carbonyl (C=O) groups excluding carboxylic acids is 1. The van der Waals surface area contributed by atoms with E-state index in [2.05, 4.69) is 36.7 Å². The van der Waals surface area contributed by atoms with Crippen molar-refractivity contribution in [3.8, 4) is 0 Å². The van der Waals surface area contributed by atoms with E-state index in [1.807, 2.05) is 30.3 Å². The molecule has 0 aliphatic carbocycles. The van der Waals surface area contributed by atoms with Gasteiger partial charge in [0.15, 0.2) is 0 Å². The maximum atomic E-state index is 12.4. The monoisotopic (exact) mass is 456 g/mol. The van der Waals surface area contributed by atoms with E-state index in [4.69, 9.17) is 0 Å². The van der Waals surface area contributed by atoms with Crippen molar-refractivity contribution in [2.24, 2.45) is 0 Å². The number of amides is 1. The van der Waals surface area contributed by atoms with Gasteiger partial charge in [0.25, 0.3) is 5.91 Å². The highest BCUT2D eigenvalue weighted by atomic mass is 79.9. The fourth-order valence-electron chi connectivity index (χ4n) is 2.67. The van der Waals surface area contributed by atoms with E-state index in [0.717, 1.165) is 5.56 Å². The topological polar surface area (TPSA) is 113 Å². The van der Waals surface area contributed by atoms with Crippen LogP contribution in [0, 0.1) is 10.1 Å². The van der Waals surface area contributed by atoms with Crippen molar-refractivity contribution >= 4 is 39.2 Å². The Balaban J connectivity index is 1.82. The van der Waals surface area contributed by atoms with Gasteiger partial charge in [0.2, 0.25) is 11.6 Å². The SMILES string of the molecule is CN(Cc1ccccc1)c1ncnc(NNC(=O)c2ccccc2Br)c1[N+](=O)[O-]. The van der Waals surface area contributed by atoms with E-state index in [1.165, 1.54) is 6.33 Å². The fourth-order valence-corrected chi connectivity index (χ4v) is 3.13. The third kappa shape index (κ3) is 4.85. The number of halogens is 1. The second-order valence-electron chi connectivity index (χ2n) is 6.05. The molecule has 0 spiro atoms. The molecule has 0 unspecified atom stereocenters. The first-order valence-corrected chi connectivity index (χ1v) is 9.32. The lowest BCUT2D eigenvalue weighted by Crippen LogP contribution is -2.31. The fraction of sp³-hybridized carbons (Fsp3) is 0.105. The smallest absolute Gasteiger partial charge is 0.349 e. The van der Waals surface area contributed by atoms with Gasteiger partial charge in [-0.25, -0.2) is 9.97 Å². The third-order valence-electron chi connectivity index (χ3n) is 4.02. The molecular weight excluding hydrogens is 440 g/mol. The molecule has 1 aromatic heterocycles. The second-order valence-corrected chi connectivity index (χ2v) is 6.91. The summed E-state index contributed by atoms with van der Waals surface area (Å²) < 4.78 is 0.597. The van der Waals surface area contributed by atoms with E-state index < -0.39 is 10.8 Å². The molecule has 2 aromatic carbocycles. The van der Waals surface area contributed by atoms with Gasteiger partial charge in [-0.3, -0.25) is 25.8 Å². The minimum absolute atomic E-state index is 0.111. The summed E-state index contributed by atoms with van der Waals surface area (Å²) in [5.41, 5.74) is 5.98. The minimum atomic E-state index is -0.580. The molecule has 10 heteroatoms. The molecule has 1 amide bonds. The van der Waals surface area contributed by atoms with Crippen molar-refractivity contribution in [3.05, 3.63) is 86.6 Å². The molecule has 0 saturated carbocycles. The maximum Gasteiger partial charge on any atom is 0.355 e. The predicted octanol–water partition coefficient (Wildman–Crippen LogP) is 3.54. The number of benzene rings is 2.